The first-order chi connectivity index (χ1) is 13.2. The van der Waals surface area contributed by atoms with Crippen LogP contribution in [0.15, 0.2) is 29.4 Å². The molecule has 28 heavy (non-hydrogen) atoms. The van der Waals surface area contributed by atoms with Crippen LogP contribution in [0.25, 0.3) is 0 Å². The highest BCUT2D eigenvalue weighted by Gasteiger charge is 2.29. The highest BCUT2D eigenvalue weighted by Crippen LogP contribution is 2.28. The Morgan fingerprint density at radius 1 is 1.25 bits per heavy atom. The summed E-state index contributed by atoms with van der Waals surface area (Å²) in [7, 11) is 0. The number of aliphatic hydroxyl groups is 1. The van der Waals surface area contributed by atoms with Crippen LogP contribution in [-0.2, 0) is 6.54 Å². The van der Waals surface area contributed by atoms with Crippen molar-refractivity contribution in [1.29, 1.82) is 0 Å². The molecule has 0 atom stereocenters. The van der Waals surface area contributed by atoms with E-state index in [-0.39, 0.29) is 24.0 Å². The molecule has 0 bridgehead atoms. The van der Waals surface area contributed by atoms with Crippen LogP contribution in [-0.4, -0.2) is 58.8 Å². The minimum Gasteiger partial charge on any atom is -0.388 e. The summed E-state index contributed by atoms with van der Waals surface area (Å²) in [6.45, 7) is 6.48. The van der Waals surface area contributed by atoms with Gasteiger partial charge in [0.05, 0.1) is 17.8 Å². The smallest absolute Gasteiger partial charge is 0.191 e. The van der Waals surface area contributed by atoms with Crippen molar-refractivity contribution in [3.8, 4) is 0 Å². The summed E-state index contributed by atoms with van der Waals surface area (Å²) in [5.41, 5.74) is 0.534. The van der Waals surface area contributed by atoms with Crippen LogP contribution in [0.2, 0.25) is 0 Å². The van der Waals surface area contributed by atoms with Gasteiger partial charge in [-0.3, -0.25) is 14.9 Å². The fourth-order valence-electron chi connectivity index (χ4n) is 4.06. The van der Waals surface area contributed by atoms with E-state index in [4.69, 9.17) is 4.99 Å². The van der Waals surface area contributed by atoms with Crippen LogP contribution in [0, 0.1) is 0 Å². The van der Waals surface area contributed by atoms with E-state index in [0.29, 0.717) is 12.6 Å². The van der Waals surface area contributed by atoms with E-state index >= 15 is 0 Å². The van der Waals surface area contributed by atoms with Crippen LogP contribution in [0.3, 0.4) is 0 Å². The number of piperidine rings is 1. The summed E-state index contributed by atoms with van der Waals surface area (Å²) in [6, 6.07) is 6.54. The average molecular weight is 501 g/mol. The van der Waals surface area contributed by atoms with Gasteiger partial charge >= 0.3 is 0 Å². The number of nitrogens with zero attached hydrogens (tertiary/aromatic N) is 3. The van der Waals surface area contributed by atoms with Gasteiger partial charge < -0.3 is 15.7 Å². The van der Waals surface area contributed by atoms with E-state index in [1.165, 1.54) is 6.42 Å². The van der Waals surface area contributed by atoms with Gasteiger partial charge in [0.1, 0.15) is 0 Å². The second-order valence-electron chi connectivity index (χ2n) is 8.00. The number of nitrogens with one attached hydrogen (secondary N) is 2. The first-order valence-electron chi connectivity index (χ1n) is 10.6. The van der Waals surface area contributed by atoms with Gasteiger partial charge in [-0.25, -0.2) is 0 Å². The maximum absolute atomic E-state index is 10.7. The number of rotatable bonds is 6. The van der Waals surface area contributed by atoms with Crippen LogP contribution in [0.4, 0.5) is 0 Å². The second-order valence-corrected chi connectivity index (χ2v) is 8.00. The van der Waals surface area contributed by atoms with Crippen LogP contribution < -0.4 is 10.6 Å². The van der Waals surface area contributed by atoms with Crippen molar-refractivity contribution in [2.75, 3.05) is 26.2 Å². The zero-order valence-corrected chi connectivity index (χ0v) is 19.4. The summed E-state index contributed by atoms with van der Waals surface area (Å²) in [6.07, 6.45) is 9.28. The molecule has 2 aliphatic rings. The van der Waals surface area contributed by atoms with E-state index in [1.807, 2.05) is 12.3 Å². The standard InChI is InChI=1S/C21H35N5O.HI/c1-2-22-20(24-17-21(27)11-5-3-6-12-21)25-18-9-14-26(15-10-18)16-19-8-4-7-13-23-19;/h4,7-8,13,18,27H,2-3,5-6,9-12,14-17H2,1H3,(H2,22,24,25);1H. The first-order valence-corrected chi connectivity index (χ1v) is 10.6. The largest absolute Gasteiger partial charge is 0.388 e. The van der Waals surface area contributed by atoms with E-state index in [9.17, 15) is 5.11 Å². The van der Waals surface area contributed by atoms with E-state index < -0.39 is 5.60 Å². The first kappa shape index (κ1) is 23.3. The molecule has 0 amide bonds. The molecule has 2 fully saturated rings. The maximum atomic E-state index is 10.7. The SMILES string of the molecule is CCNC(=NCC1(O)CCCCC1)NC1CCN(Cc2ccccn2)CC1.I. The number of aliphatic imine (C=N–C) groups is 1. The summed E-state index contributed by atoms with van der Waals surface area (Å²) in [5, 5.41) is 17.6. The molecule has 6 nitrogen and oxygen atoms in total. The number of pyridine rings is 1. The molecule has 0 radical (unpaired) electrons. The normalized spacial score (nSPS) is 21.0. The average Bonchev–Trinajstić information content (AvgIpc) is 2.69. The van der Waals surface area contributed by atoms with Crippen molar-refractivity contribution >= 4 is 29.9 Å². The monoisotopic (exact) mass is 501 g/mol. The molecule has 3 rings (SSSR count). The molecular formula is C21H36IN5O. The van der Waals surface area contributed by atoms with Crippen molar-refractivity contribution in [3.63, 3.8) is 0 Å². The molecule has 1 aliphatic carbocycles. The number of hydrogen-bond acceptors (Lipinski definition) is 4. The van der Waals surface area contributed by atoms with Gasteiger partial charge in [0, 0.05) is 38.4 Å². The predicted molar refractivity (Wildman–Crippen MR) is 125 cm³/mol. The molecule has 3 N–H and O–H groups in total. The van der Waals surface area contributed by atoms with Crippen molar-refractivity contribution in [2.45, 2.75) is 70.1 Å². The summed E-state index contributed by atoms with van der Waals surface area (Å²) < 4.78 is 0. The Balaban J connectivity index is 0.00000280. The van der Waals surface area contributed by atoms with Crippen LogP contribution in [0.1, 0.15) is 57.6 Å². The second kappa shape index (κ2) is 11.9. The zero-order valence-electron chi connectivity index (χ0n) is 17.1. The number of guanidine groups is 1. The Hall–Kier alpha value is -0.930. The third-order valence-electron chi connectivity index (χ3n) is 5.70. The Labute approximate surface area is 186 Å². The van der Waals surface area contributed by atoms with Gasteiger partial charge in [0.15, 0.2) is 5.96 Å². The van der Waals surface area contributed by atoms with Crippen molar-refractivity contribution in [3.05, 3.63) is 30.1 Å². The van der Waals surface area contributed by atoms with Crippen molar-refractivity contribution < 1.29 is 5.11 Å². The Morgan fingerprint density at radius 2 is 2.00 bits per heavy atom. The molecule has 1 aromatic rings. The van der Waals surface area contributed by atoms with Crippen LogP contribution >= 0.6 is 24.0 Å². The lowest BCUT2D eigenvalue weighted by atomic mass is 9.85. The molecule has 1 aromatic heterocycles. The minimum atomic E-state index is -0.605. The highest BCUT2D eigenvalue weighted by atomic mass is 127. The summed E-state index contributed by atoms with van der Waals surface area (Å²) in [5.74, 6) is 0.847. The molecule has 0 spiro atoms. The van der Waals surface area contributed by atoms with E-state index in [1.54, 1.807) is 0 Å². The fourth-order valence-corrected chi connectivity index (χ4v) is 4.06. The number of likely N-dealkylation sites (tertiary alicyclic amines) is 1. The Kier molecular flexibility index (Phi) is 9.94. The third-order valence-corrected chi connectivity index (χ3v) is 5.70. The van der Waals surface area contributed by atoms with Crippen molar-refractivity contribution in [2.24, 2.45) is 4.99 Å². The van der Waals surface area contributed by atoms with Gasteiger partial charge in [-0.1, -0.05) is 25.3 Å². The van der Waals surface area contributed by atoms with E-state index in [2.05, 4.69) is 39.6 Å². The topological polar surface area (TPSA) is 72.8 Å². The summed E-state index contributed by atoms with van der Waals surface area (Å²) >= 11 is 0. The zero-order chi connectivity index (χ0) is 19.0. The molecule has 2 heterocycles. The van der Waals surface area contributed by atoms with Gasteiger partial charge in [0.25, 0.3) is 0 Å². The number of aromatic nitrogens is 1. The third kappa shape index (κ3) is 7.48. The fraction of sp³-hybridized carbons (Fsp3) is 0.714. The lowest BCUT2D eigenvalue weighted by molar-refractivity contribution is 0.0131. The van der Waals surface area contributed by atoms with Crippen molar-refractivity contribution in [1.82, 2.24) is 20.5 Å². The number of halogens is 1. The molecule has 0 unspecified atom stereocenters. The van der Waals surface area contributed by atoms with Gasteiger partial charge in [-0.05, 0) is 44.7 Å². The minimum absolute atomic E-state index is 0. The molecule has 0 aromatic carbocycles. The van der Waals surface area contributed by atoms with Crippen LogP contribution in [0.5, 0.6) is 0 Å². The summed E-state index contributed by atoms with van der Waals surface area (Å²) in [4.78, 5) is 11.6. The van der Waals surface area contributed by atoms with Gasteiger partial charge in [0.2, 0.25) is 0 Å². The Bertz CT molecular complexity index is 584. The molecule has 7 heteroatoms. The predicted octanol–water partition coefficient (Wildman–Crippen LogP) is 2.91. The molecule has 1 saturated carbocycles. The molecule has 1 aliphatic heterocycles. The Morgan fingerprint density at radius 3 is 2.64 bits per heavy atom. The highest BCUT2D eigenvalue weighted by molar-refractivity contribution is 14.0. The van der Waals surface area contributed by atoms with Gasteiger partial charge in [-0.2, -0.15) is 0 Å². The molecule has 1 saturated heterocycles. The molecular weight excluding hydrogens is 465 g/mol. The van der Waals surface area contributed by atoms with E-state index in [0.717, 1.165) is 76.4 Å². The number of hydrogen-bond donors (Lipinski definition) is 3. The molecule has 158 valence electrons. The quantitative estimate of drug-likeness (QED) is 0.318. The lowest BCUT2D eigenvalue weighted by Gasteiger charge is -2.33. The lowest BCUT2D eigenvalue weighted by Crippen LogP contribution is -2.49. The van der Waals surface area contributed by atoms with Gasteiger partial charge in [-0.15, -0.1) is 24.0 Å². The maximum Gasteiger partial charge on any atom is 0.191 e.